The first-order valence-corrected chi connectivity index (χ1v) is 14.2. The number of rotatable bonds is 7. The standard InChI is InChI=1S/C35H28ClN3O5/c1-42-30-19-16-25-14-8-9-15-27(25)31(30)32-28-20-26(36)17-18-29(28)37-33(32)39(35(41)44-22-24-12-6-3-7-13-24)38-34(40)43-21-23-10-4-2-5-11-23/h2-20,37H,21-22H2,1H3,(H,38,40). The average Bonchev–Trinajstić information content (AvgIpc) is 3.43. The van der Waals surface area contributed by atoms with Gasteiger partial charge in [0, 0.05) is 27.1 Å². The zero-order valence-corrected chi connectivity index (χ0v) is 24.5. The number of fused-ring (bicyclic) bond motifs is 2. The van der Waals surface area contributed by atoms with E-state index in [1.165, 1.54) is 0 Å². The van der Waals surface area contributed by atoms with Crippen molar-refractivity contribution in [3.63, 3.8) is 0 Å². The maximum Gasteiger partial charge on any atom is 0.435 e. The topological polar surface area (TPSA) is 92.9 Å². The van der Waals surface area contributed by atoms with Crippen molar-refractivity contribution in [2.24, 2.45) is 0 Å². The minimum absolute atomic E-state index is 0.00584. The zero-order valence-electron chi connectivity index (χ0n) is 23.8. The number of hydrazine groups is 1. The Morgan fingerprint density at radius 1 is 0.750 bits per heavy atom. The van der Waals surface area contributed by atoms with Crippen LogP contribution in [0.3, 0.4) is 0 Å². The van der Waals surface area contributed by atoms with Crippen LogP contribution in [0.15, 0.2) is 115 Å². The highest BCUT2D eigenvalue weighted by Gasteiger charge is 2.30. The molecule has 0 bridgehead atoms. The number of hydrogen-bond acceptors (Lipinski definition) is 5. The van der Waals surface area contributed by atoms with E-state index < -0.39 is 12.2 Å². The lowest BCUT2D eigenvalue weighted by atomic mass is 9.96. The monoisotopic (exact) mass is 605 g/mol. The van der Waals surface area contributed by atoms with Gasteiger partial charge in [0.05, 0.1) is 7.11 Å². The van der Waals surface area contributed by atoms with Crippen molar-refractivity contribution in [2.75, 3.05) is 12.1 Å². The van der Waals surface area contributed by atoms with Crippen molar-refractivity contribution in [1.29, 1.82) is 0 Å². The summed E-state index contributed by atoms with van der Waals surface area (Å²) >= 11 is 6.48. The van der Waals surface area contributed by atoms with Gasteiger partial charge in [0.15, 0.2) is 0 Å². The van der Waals surface area contributed by atoms with E-state index in [0.717, 1.165) is 26.9 Å². The second-order valence-corrected chi connectivity index (χ2v) is 10.4. The highest BCUT2D eigenvalue weighted by atomic mass is 35.5. The van der Waals surface area contributed by atoms with Crippen LogP contribution >= 0.6 is 11.6 Å². The van der Waals surface area contributed by atoms with E-state index in [-0.39, 0.29) is 19.0 Å². The van der Waals surface area contributed by atoms with Crippen molar-refractivity contribution in [3.8, 4) is 16.9 Å². The third kappa shape index (κ3) is 6.02. The molecule has 0 radical (unpaired) electrons. The predicted octanol–water partition coefficient (Wildman–Crippen LogP) is 8.63. The quantitative estimate of drug-likeness (QED) is 0.178. The summed E-state index contributed by atoms with van der Waals surface area (Å²) in [6.45, 7) is -0.0121. The van der Waals surface area contributed by atoms with E-state index >= 15 is 0 Å². The molecule has 1 heterocycles. The second kappa shape index (κ2) is 12.8. The van der Waals surface area contributed by atoms with Gasteiger partial charge in [-0.05, 0) is 46.2 Å². The molecule has 6 rings (SSSR count). The molecule has 0 aliphatic heterocycles. The molecule has 8 nitrogen and oxygen atoms in total. The number of nitrogens with one attached hydrogen (secondary N) is 2. The molecule has 0 aliphatic rings. The number of benzene rings is 5. The van der Waals surface area contributed by atoms with Crippen LogP contribution in [0.25, 0.3) is 32.8 Å². The Balaban J connectivity index is 1.47. The Morgan fingerprint density at radius 2 is 1.41 bits per heavy atom. The number of ether oxygens (including phenoxy) is 3. The van der Waals surface area contributed by atoms with E-state index in [1.54, 1.807) is 19.2 Å². The minimum atomic E-state index is -0.849. The van der Waals surface area contributed by atoms with Gasteiger partial charge in [-0.3, -0.25) is 0 Å². The molecule has 2 amide bonds. The lowest BCUT2D eigenvalue weighted by Crippen LogP contribution is -2.47. The van der Waals surface area contributed by atoms with E-state index in [2.05, 4.69) is 10.4 Å². The highest BCUT2D eigenvalue weighted by molar-refractivity contribution is 6.31. The minimum Gasteiger partial charge on any atom is -0.496 e. The number of amides is 2. The Morgan fingerprint density at radius 3 is 2.11 bits per heavy atom. The number of hydrogen-bond donors (Lipinski definition) is 2. The van der Waals surface area contributed by atoms with Gasteiger partial charge >= 0.3 is 12.2 Å². The van der Waals surface area contributed by atoms with Crippen molar-refractivity contribution in [3.05, 3.63) is 131 Å². The fourth-order valence-corrected chi connectivity index (χ4v) is 5.25. The predicted molar refractivity (Wildman–Crippen MR) is 172 cm³/mol. The van der Waals surface area contributed by atoms with Crippen molar-refractivity contribution in [2.45, 2.75) is 13.2 Å². The van der Waals surface area contributed by atoms with Gasteiger partial charge in [-0.1, -0.05) is 103 Å². The fourth-order valence-electron chi connectivity index (χ4n) is 5.07. The number of halogens is 1. The van der Waals surface area contributed by atoms with Crippen LogP contribution in [0, 0.1) is 0 Å². The summed E-state index contributed by atoms with van der Waals surface area (Å²) in [7, 11) is 1.58. The molecule has 0 spiro atoms. The van der Waals surface area contributed by atoms with Gasteiger partial charge < -0.3 is 19.2 Å². The van der Waals surface area contributed by atoms with E-state index in [4.69, 9.17) is 25.8 Å². The Hall–Kier alpha value is -5.47. The number of anilines is 1. The summed E-state index contributed by atoms with van der Waals surface area (Å²) in [6.07, 6.45) is -1.68. The third-order valence-corrected chi connectivity index (χ3v) is 7.36. The summed E-state index contributed by atoms with van der Waals surface area (Å²) in [4.78, 5) is 30.3. The first-order chi connectivity index (χ1) is 21.5. The van der Waals surface area contributed by atoms with E-state index in [1.807, 2.05) is 103 Å². The van der Waals surface area contributed by atoms with E-state index in [9.17, 15) is 9.59 Å². The van der Waals surface area contributed by atoms with Crippen LogP contribution in [0.4, 0.5) is 15.4 Å². The van der Waals surface area contributed by atoms with Crippen molar-refractivity contribution >= 4 is 51.3 Å². The molecular weight excluding hydrogens is 578 g/mol. The molecule has 5 aromatic carbocycles. The molecular formula is C35H28ClN3O5. The Bertz CT molecular complexity index is 1940. The normalized spacial score (nSPS) is 10.9. The molecule has 0 saturated heterocycles. The van der Waals surface area contributed by atoms with Crippen LogP contribution in [-0.2, 0) is 22.7 Å². The molecule has 44 heavy (non-hydrogen) atoms. The molecule has 2 N–H and O–H groups in total. The van der Waals surface area contributed by atoms with E-state index in [0.29, 0.717) is 32.8 Å². The fraction of sp³-hybridized carbons (Fsp3) is 0.0857. The molecule has 1 aromatic heterocycles. The van der Waals surface area contributed by atoms with Crippen LogP contribution in [-0.4, -0.2) is 24.3 Å². The highest BCUT2D eigenvalue weighted by Crippen LogP contribution is 2.46. The van der Waals surface area contributed by atoms with Crippen LogP contribution < -0.4 is 15.2 Å². The molecule has 0 atom stereocenters. The van der Waals surface area contributed by atoms with Crippen LogP contribution in [0.1, 0.15) is 11.1 Å². The SMILES string of the molecule is COc1ccc2ccccc2c1-c1c(N(NC(=O)OCc2ccccc2)C(=O)OCc2ccccc2)[nH]c2ccc(Cl)cc12. The molecule has 220 valence electrons. The average molecular weight is 606 g/mol. The number of carbonyl (C=O) groups excluding carboxylic acids is 2. The number of aromatic amines is 1. The molecule has 0 unspecified atom stereocenters. The third-order valence-electron chi connectivity index (χ3n) is 7.13. The van der Waals surface area contributed by atoms with Gasteiger partial charge in [0.25, 0.3) is 0 Å². The largest absolute Gasteiger partial charge is 0.496 e. The molecule has 0 saturated carbocycles. The smallest absolute Gasteiger partial charge is 0.435 e. The molecule has 0 aliphatic carbocycles. The van der Waals surface area contributed by atoms with Crippen molar-refractivity contribution < 1.29 is 23.8 Å². The van der Waals surface area contributed by atoms with Crippen LogP contribution in [0.2, 0.25) is 5.02 Å². The van der Waals surface area contributed by atoms with Gasteiger partial charge in [-0.2, -0.15) is 5.01 Å². The maximum absolute atomic E-state index is 13.8. The number of methoxy groups -OCH3 is 1. The Kier molecular flexibility index (Phi) is 8.34. The number of carbonyl (C=O) groups is 2. The first-order valence-electron chi connectivity index (χ1n) is 13.9. The Labute approximate surface area is 258 Å². The molecule has 9 heteroatoms. The zero-order chi connectivity index (χ0) is 30.5. The molecule has 0 fully saturated rings. The van der Waals surface area contributed by atoms with Gasteiger partial charge in [-0.15, -0.1) is 0 Å². The van der Waals surface area contributed by atoms with Gasteiger partial charge in [0.1, 0.15) is 24.8 Å². The number of nitrogens with zero attached hydrogens (tertiary/aromatic N) is 1. The summed E-state index contributed by atoms with van der Waals surface area (Å²) in [5, 5.41) is 4.07. The number of H-pyrrole nitrogens is 1. The lowest BCUT2D eigenvalue weighted by Gasteiger charge is -2.23. The van der Waals surface area contributed by atoms with Crippen molar-refractivity contribution in [1.82, 2.24) is 10.4 Å². The summed E-state index contributed by atoms with van der Waals surface area (Å²) < 4.78 is 17.0. The second-order valence-electron chi connectivity index (χ2n) is 9.95. The number of aromatic nitrogens is 1. The maximum atomic E-state index is 13.8. The summed E-state index contributed by atoms with van der Waals surface area (Å²) in [5.74, 6) is 0.807. The molecule has 6 aromatic rings. The lowest BCUT2D eigenvalue weighted by molar-refractivity contribution is 0.126. The first kappa shape index (κ1) is 28.6. The summed E-state index contributed by atoms with van der Waals surface area (Å²) in [5.41, 5.74) is 6.14. The van der Waals surface area contributed by atoms with Crippen LogP contribution in [0.5, 0.6) is 5.75 Å². The van der Waals surface area contributed by atoms with Gasteiger partial charge in [0.2, 0.25) is 0 Å². The summed E-state index contributed by atoms with van der Waals surface area (Å²) in [6, 6.07) is 35.5. The van der Waals surface area contributed by atoms with Gasteiger partial charge in [-0.25, -0.2) is 15.0 Å².